The van der Waals surface area contributed by atoms with Crippen LogP contribution in [-0.2, 0) is 35.1 Å². The number of benzene rings is 1. The van der Waals surface area contributed by atoms with Gasteiger partial charge in [0.05, 0.1) is 51.5 Å². The van der Waals surface area contributed by atoms with E-state index in [1.807, 2.05) is 18.2 Å². The lowest BCUT2D eigenvalue weighted by atomic mass is 9.94. The quantitative estimate of drug-likeness (QED) is 0.439. The molecule has 2 rings (SSSR count). The molecule has 1 saturated carbocycles. The molecule has 0 radical (unpaired) electrons. The zero-order chi connectivity index (χ0) is 18.0. The molecule has 25 heavy (non-hydrogen) atoms. The Balaban J connectivity index is 1.61. The molecular formula is C18H28O6S. The molecule has 2 atom stereocenters. The van der Waals surface area contributed by atoms with Gasteiger partial charge in [0.15, 0.2) is 0 Å². The van der Waals surface area contributed by atoms with Gasteiger partial charge in [-0.1, -0.05) is 43.2 Å². The average Bonchev–Trinajstić information content (AvgIpc) is 2.60. The van der Waals surface area contributed by atoms with Crippen molar-refractivity contribution in [2.24, 2.45) is 0 Å². The Labute approximate surface area is 150 Å². The van der Waals surface area contributed by atoms with E-state index < -0.39 is 10.1 Å². The molecule has 1 aromatic rings. The van der Waals surface area contributed by atoms with E-state index in [1.165, 1.54) is 12.0 Å². The van der Waals surface area contributed by atoms with Crippen molar-refractivity contribution < 1.29 is 26.8 Å². The van der Waals surface area contributed by atoms with Gasteiger partial charge in [0.1, 0.15) is 0 Å². The van der Waals surface area contributed by atoms with Crippen LogP contribution in [0.25, 0.3) is 0 Å². The van der Waals surface area contributed by atoms with E-state index in [1.54, 1.807) is 0 Å². The van der Waals surface area contributed by atoms with Crippen LogP contribution in [0, 0.1) is 0 Å². The lowest BCUT2D eigenvalue weighted by molar-refractivity contribution is -0.107. The predicted molar refractivity (Wildman–Crippen MR) is 94.8 cm³/mol. The van der Waals surface area contributed by atoms with E-state index in [0.717, 1.165) is 25.5 Å². The van der Waals surface area contributed by atoms with Gasteiger partial charge in [-0.3, -0.25) is 4.18 Å². The summed E-state index contributed by atoms with van der Waals surface area (Å²) in [5.74, 6) is 0. The van der Waals surface area contributed by atoms with E-state index in [4.69, 9.17) is 14.2 Å². The third-order valence-electron chi connectivity index (χ3n) is 4.03. The van der Waals surface area contributed by atoms with Crippen LogP contribution < -0.4 is 0 Å². The minimum atomic E-state index is -3.40. The molecule has 1 aliphatic rings. The Morgan fingerprint density at radius 3 is 2.24 bits per heavy atom. The second-order valence-electron chi connectivity index (χ2n) is 6.17. The van der Waals surface area contributed by atoms with Crippen LogP contribution >= 0.6 is 0 Å². The smallest absolute Gasteiger partial charge is 0.264 e. The van der Waals surface area contributed by atoms with Crippen molar-refractivity contribution in [3.8, 4) is 0 Å². The summed E-state index contributed by atoms with van der Waals surface area (Å²) in [7, 11) is -3.40. The Kier molecular flexibility index (Phi) is 8.84. The summed E-state index contributed by atoms with van der Waals surface area (Å²) in [5.41, 5.74) is 1.17. The number of ether oxygens (including phenoxy) is 3. The number of hydrogen-bond acceptors (Lipinski definition) is 6. The SMILES string of the molecule is CS(=O)(=O)OCCOCCO[C@@H]1CCCC[C@H]1OCc1ccccc1. The molecular weight excluding hydrogens is 344 g/mol. The largest absolute Gasteiger partial charge is 0.377 e. The van der Waals surface area contributed by atoms with Gasteiger partial charge in [-0.25, -0.2) is 0 Å². The topological polar surface area (TPSA) is 71.1 Å². The first kappa shape index (κ1) is 20.3. The Bertz CT molecular complexity index is 574. The summed E-state index contributed by atoms with van der Waals surface area (Å²) >= 11 is 0. The summed E-state index contributed by atoms with van der Waals surface area (Å²) in [4.78, 5) is 0. The van der Waals surface area contributed by atoms with Crippen LogP contribution in [0.4, 0.5) is 0 Å². The predicted octanol–water partition coefficient (Wildman–Crippen LogP) is 2.52. The fraction of sp³-hybridized carbons (Fsp3) is 0.667. The van der Waals surface area contributed by atoms with Gasteiger partial charge in [-0.05, 0) is 18.4 Å². The van der Waals surface area contributed by atoms with E-state index >= 15 is 0 Å². The molecule has 6 nitrogen and oxygen atoms in total. The molecule has 0 heterocycles. The van der Waals surface area contributed by atoms with Crippen LogP contribution in [0.3, 0.4) is 0 Å². The minimum Gasteiger partial charge on any atom is -0.377 e. The van der Waals surface area contributed by atoms with Crippen LogP contribution in [0.1, 0.15) is 31.2 Å². The third kappa shape index (κ3) is 8.78. The van der Waals surface area contributed by atoms with Crippen LogP contribution in [-0.4, -0.2) is 53.3 Å². The van der Waals surface area contributed by atoms with Crippen molar-refractivity contribution in [2.75, 3.05) is 32.7 Å². The van der Waals surface area contributed by atoms with Gasteiger partial charge in [-0.15, -0.1) is 0 Å². The molecule has 0 aromatic heterocycles. The first-order valence-electron chi connectivity index (χ1n) is 8.74. The molecule has 1 aliphatic carbocycles. The molecule has 1 fully saturated rings. The maximum atomic E-state index is 10.8. The van der Waals surface area contributed by atoms with Crippen LogP contribution in [0.2, 0.25) is 0 Å². The highest BCUT2D eigenvalue weighted by molar-refractivity contribution is 7.85. The zero-order valence-corrected chi connectivity index (χ0v) is 15.6. The lowest BCUT2D eigenvalue weighted by Gasteiger charge is -2.31. The standard InChI is InChI=1S/C18H28O6S/c1-25(19,20)24-14-12-21-11-13-22-17-9-5-6-10-18(17)23-15-16-7-3-2-4-8-16/h2-4,7-8,17-18H,5-6,9-15H2,1H3/t17-,18-/m1/s1. The molecule has 0 unspecified atom stereocenters. The van der Waals surface area contributed by atoms with E-state index in [-0.39, 0.29) is 25.4 Å². The van der Waals surface area contributed by atoms with Crippen molar-refractivity contribution in [3.05, 3.63) is 35.9 Å². The maximum Gasteiger partial charge on any atom is 0.264 e. The summed E-state index contributed by atoms with van der Waals surface area (Å²) in [5, 5.41) is 0. The third-order valence-corrected chi connectivity index (χ3v) is 4.63. The molecule has 0 spiro atoms. The fourth-order valence-electron chi connectivity index (χ4n) is 2.83. The van der Waals surface area contributed by atoms with E-state index in [0.29, 0.717) is 19.8 Å². The summed E-state index contributed by atoms with van der Waals surface area (Å²) < 4.78 is 43.5. The highest BCUT2D eigenvalue weighted by atomic mass is 32.2. The Hall–Kier alpha value is -0.990. The minimum absolute atomic E-state index is 0.0328. The number of hydrogen-bond donors (Lipinski definition) is 0. The highest BCUT2D eigenvalue weighted by Gasteiger charge is 2.26. The molecule has 0 bridgehead atoms. The summed E-state index contributed by atoms with van der Waals surface area (Å²) in [6.45, 7) is 1.74. The molecule has 0 N–H and O–H groups in total. The monoisotopic (exact) mass is 372 g/mol. The van der Waals surface area contributed by atoms with Gasteiger partial charge < -0.3 is 14.2 Å². The fourth-order valence-corrected chi connectivity index (χ4v) is 3.20. The molecule has 0 aliphatic heterocycles. The molecule has 142 valence electrons. The van der Waals surface area contributed by atoms with Gasteiger partial charge in [0, 0.05) is 0 Å². The van der Waals surface area contributed by atoms with Crippen molar-refractivity contribution in [3.63, 3.8) is 0 Å². The van der Waals surface area contributed by atoms with Crippen molar-refractivity contribution in [1.82, 2.24) is 0 Å². The Morgan fingerprint density at radius 1 is 0.920 bits per heavy atom. The summed E-state index contributed by atoms with van der Waals surface area (Å²) in [6.07, 6.45) is 5.56. The molecule has 0 amide bonds. The van der Waals surface area contributed by atoms with Gasteiger partial charge in [0.25, 0.3) is 10.1 Å². The second-order valence-corrected chi connectivity index (χ2v) is 7.81. The first-order chi connectivity index (χ1) is 12.0. The average molecular weight is 372 g/mol. The molecule has 0 saturated heterocycles. The van der Waals surface area contributed by atoms with Crippen molar-refractivity contribution in [1.29, 1.82) is 0 Å². The first-order valence-corrected chi connectivity index (χ1v) is 10.6. The Morgan fingerprint density at radius 2 is 1.56 bits per heavy atom. The number of rotatable bonds is 11. The van der Waals surface area contributed by atoms with Gasteiger partial charge in [0.2, 0.25) is 0 Å². The zero-order valence-electron chi connectivity index (χ0n) is 14.8. The molecule has 1 aromatic carbocycles. The maximum absolute atomic E-state index is 10.8. The van der Waals surface area contributed by atoms with E-state index in [2.05, 4.69) is 16.3 Å². The van der Waals surface area contributed by atoms with E-state index in [9.17, 15) is 8.42 Å². The van der Waals surface area contributed by atoms with Crippen LogP contribution in [0.15, 0.2) is 30.3 Å². The van der Waals surface area contributed by atoms with Crippen molar-refractivity contribution in [2.45, 2.75) is 44.5 Å². The van der Waals surface area contributed by atoms with Crippen molar-refractivity contribution >= 4 is 10.1 Å². The van der Waals surface area contributed by atoms with Gasteiger partial charge >= 0.3 is 0 Å². The lowest BCUT2D eigenvalue weighted by Crippen LogP contribution is -2.35. The summed E-state index contributed by atoms with van der Waals surface area (Å²) in [6, 6.07) is 10.1. The second kappa shape index (κ2) is 10.9. The molecule has 7 heteroatoms. The normalized spacial score (nSPS) is 21.3. The highest BCUT2D eigenvalue weighted by Crippen LogP contribution is 2.24. The van der Waals surface area contributed by atoms with Crippen LogP contribution in [0.5, 0.6) is 0 Å². The van der Waals surface area contributed by atoms with Gasteiger partial charge in [-0.2, -0.15) is 8.42 Å².